The number of carboxylic acids is 1. The third kappa shape index (κ3) is 5.91. The topological polar surface area (TPSA) is 129 Å². The second kappa shape index (κ2) is 11.0. The van der Waals surface area contributed by atoms with Crippen molar-refractivity contribution in [1.29, 1.82) is 0 Å². The lowest BCUT2D eigenvalue weighted by molar-refractivity contribution is -0.143. The van der Waals surface area contributed by atoms with Crippen molar-refractivity contribution in [2.24, 2.45) is 13.0 Å². The fourth-order valence-corrected chi connectivity index (χ4v) is 3.86. The SMILES string of the molecule is CCCN(C)C(=O)OCc1c(-c2ccc(O[C@H]3CCC[C@H](C(=O)O)C3)c(OC)n2)nnn1C. The molecule has 0 spiro atoms. The summed E-state index contributed by atoms with van der Waals surface area (Å²) in [5, 5.41) is 17.5. The molecule has 2 heterocycles. The van der Waals surface area contributed by atoms with E-state index < -0.39 is 18.0 Å². The molecule has 3 rings (SSSR count). The second-order valence-electron chi connectivity index (χ2n) is 8.13. The molecule has 2 aromatic rings. The van der Waals surface area contributed by atoms with Crippen LogP contribution in [0.3, 0.4) is 0 Å². The number of hydrogen-bond donors (Lipinski definition) is 1. The fourth-order valence-electron chi connectivity index (χ4n) is 3.86. The van der Waals surface area contributed by atoms with Crippen molar-refractivity contribution in [3.8, 4) is 23.0 Å². The van der Waals surface area contributed by atoms with Crippen LogP contribution in [0.4, 0.5) is 4.79 Å². The van der Waals surface area contributed by atoms with Gasteiger partial charge in [-0.2, -0.15) is 0 Å². The summed E-state index contributed by atoms with van der Waals surface area (Å²) in [4.78, 5) is 29.5. The lowest BCUT2D eigenvalue weighted by Gasteiger charge is -2.27. The van der Waals surface area contributed by atoms with Crippen LogP contribution in [-0.2, 0) is 23.2 Å². The molecule has 0 aromatic carbocycles. The Morgan fingerprint density at radius 1 is 1.30 bits per heavy atom. The van der Waals surface area contributed by atoms with E-state index in [0.717, 1.165) is 19.3 Å². The number of amides is 1. The van der Waals surface area contributed by atoms with Gasteiger partial charge in [0.1, 0.15) is 18.0 Å². The van der Waals surface area contributed by atoms with Crippen molar-refractivity contribution < 1.29 is 28.9 Å². The molecule has 0 radical (unpaired) electrons. The zero-order chi connectivity index (χ0) is 24.0. The Balaban J connectivity index is 1.75. The van der Waals surface area contributed by atoms with Crippen molar-refractivity contribution in [3.05, 3.63) is 17.8 Å². The Bertz CT molecular complexity index is 978. The largest absolute Gasteiger partial charge is 0.485 e. The van der Waals surface area contributed by atoms with Gasteiger partial charge in [0.15, 0.2) is 5.75 Å². The summed E-state index contributed by atoms with van der Waals surface area (Å²) in [6.45, 7) is 2.58. The summed E-state index contributed by atoms with van der Waals surface area (Å²) in [6, 6.07) is 3.46. The molecular weight excluding hydrogens is 430 g/mol. The molecule has 0 bridgehead atoms. The summed E-state index contributed by atoms with van der Waals surface area (Å²) < 4.78 is 18.4. The first-order valence-electron chi connectivity index (χ1n) is 11.0. The minimum atomic E-state index is -0.791. The summed E-state index contributed by atoms with van der Waals surface area (Å²) in [5.41, 5.74) is 1.55. The quantitative estimate of drug-likeness (QED) is 0.599. The van der Waals surface area contributed by atoms with E-state index in [1.165, 1.54) is 16.7 Å². The highest BCUT2D eigenvalue weighted by Crippen LogP contribution is 2.34. The molecule has 11 heteroatoms. The van der Waals surface area contributed by atoms with Crippen LogP contribution >= 0.6 is 0 Å². The van der Waals surface area contributed by atoms with E-state index in [0.29, 0.717) is 42.2 Å². The average molecular weight is 462 g/mol. The maximum absolute atomic E-state index is 12.2. The number of nitrogens with zero attached hydrogens (tertiary/aromatic N) is 5. The first-order chi connectivity index (χ1) is 15.8. The van der Waals surface area contributed by atoms with Crippen molar-refractivity contribution in [2.45, 2.75) is 51.7 Å². The Labute approximate surface area is 192 Å². The third-order valence-corrected chi connectivity index (χ3v) is 5.68. The summed E-state index contributed by atoms with van der Waals surface area (Å²) in [5.74, 6) is -0.486. The van der Waals surface area contributed by atoms with E-state index >= 15 is 0 Å². The van der Waals surface area contributed by atoms with Crippen molar-refractivity contribution in [1.82, 2.24) is 24.9 Å². The van der Waals surface area contributed by atoms with Crippen molar-refractivity contribution in [2.75, 3.05) is 20.7 Å². The minimum Gasteiger partial charge on any atom is -0.485 e. The highest BCUT2D eigenvalue weighted by molar-refractivity contribution is 5.70. The van der Waals surface area contributed by atoms with Crippen LogP contribution in [0.15, 0.2) is 12.1 Å². The number of pyridine rings is 1. The van der Waals surface area contributed by atoms with Gasteiger partial charge in [0.05, 0.1) is 24.8 Å². The highest BCUT2D eigenvalue weighted by Gasteiger charge is 2.29. The number of carbonyl (C=O) groups is 2. The van der Waals surface area contributed by atoms with Gasteiger partial charge in [-0.1, -0.05) is 12.1 Å². The van der Waals surface area contributed by atoms with Gasteiger partial charge in [0.2, 0.25) is 0 Å². The molecule has 1 aliphatic rings. The Kier molecular flexibility index (Phi) is 8.07. The lowest BCUT2D eigenvalue weighted by atomic mass is 9.87. The number of rotatable bonds is 9. The summed E-state index contributed by atoms with van der Waals surface area (Å²) in [6.07, 6.45) is 2.88. The number of methoxy groups -OCH3 is 1. The molecule has 2 atom stereocenters. The van der Waals surface area contributed by atoms with Gasteiger partial charge < -0.3 is 24.2 Å². The second-order valence-corrected chi connectivity index (χ2v) is 8.13. The van der Waals surface area contributed by atoms with Crippen molar-refractivity contribution >= 4 is 12.1 Å². The van der Waals surface area contributed by atoms with E-state index in [1.54, 1.807) is 26.2 Å². The third-order valence-electron chi connectivity index (χ3n) is 5.68. The van der Waals surface area contributed by atoms with Gasteiger partial charge in [-0.15, -0.1) is 5.10 Å². The first-order valence-corrected chi connectivity index (χ1v) is 11.0. The zero-order valence-electron chi connectivity index (χ0n) is 19.5. The molecular formula is C22H31N5O6. The normalized spacial score (nSPS) is 17.9. The van der Waals surface area contributed by atoms with Crippen LogP contribution in [0, 0.1) is 5.92 Å². The van der Waals surface area contributed by atoms with Crippen LogP contribution in [-0.4, -0.2) is 68.9 Å². The average Bonchev–Trinajstić information content (AvgIpc) is 3.18. The maximum atomic E-state index is 12.2. The molecule has 1 amide bonds. The van der Waals surface area contributed by atoms with Gasteiger partial charge in [0, 0.05) is 20.6 Å². The summed E-state index contributed by atoms with van der Waals surface area (Å²) in [7, 11) is 4.89. The van der Waals surface area contributed by atoms with Crippen LogP contribution in [0.1, 0.15) is 44.7 Å². The van der Waals surface area contributed by atoms with E-state index in [4.69, 9.17) is 14.2 Å². The fraction of sp³-hybridized carbons (Fsp3) is 0.591. The Morgan fingerprint density at radius 2 is 2.09 bits per heavy atom. The monoisotopic (exact) mass is 461 g/mol. The molecule has 1 fully saturated rings. The number of aromatic nitrogens is 4. The molecule has 2 aromatic heterocycles. The molecule has 1 N–H and O–H groups in total. The van der Waals surface area contributed by atoms with E-state index in [9.17, 15) is 14.7 Å². The number of aliphatic carboxylic acids is 1. The van der Waals surface area contributed by atoms with Crippen LogP contribution < -0.4 is 9.47 Å². The smallest absolute Gasteiger partial charge is 0.409 e. The predicted octanol–water partition coefficient (Wildman–Crippen LogP) is 2.89. The molecule has 1 saturated carbocycles. The minimum absolute atomic E-state index is 0.00732. The van der Waals surface area contributed by atoms with Crippen LogP contribution in [0.5, 0.6) is 11.6 Å². The van der Waals surface area contributed by atoms with E-state index in [1.807, 2.05) is 6.92 Å². The molecule has 11 nitrogen and oxygen atoms in total. The standard InChI is InChI=1S/C22H31N5O6/c1-5-11-26(2)22(30)32-13-17-19(24-25-27(17)3)16-9-10-18(20(23-16)31-4)33-15-8-6-7-14(12-15)21(28)29/h9-10,14-15H,5-8,11-13H2,1-4H3,(H,28,29)/t14-,15-/m0/s1. The molecule has 180 valence electrons. The highest BCUT2D eigenvalue weighted by atomic mass is 16.6. The maximum Gasteiger partial charge on any atom is 0.409 e. The Hall–Kier alpha value is -3.37. The lowest BCUT2D eigenvalue weighted by Crippen LogP contribution is -2.29. The van der Waals surface area contributed by atoms with Crippen LogP contribution in [0.2, 0.25) is 0 Å². The van der Waals surface area contributed by atoms with Gasteiger partial charge in [-0.25, -0.2) is 14.5 Å². The first kappa shape index (κ1) is 24.3. The van der Waals surface area contributed by atoms with Gasteiger partial charge in [-0.05, 0) is 44.2 Å². The predicted molar refractivity (Wildman–Crippen MR) is 118 cm³/mol. The van der Waals surface area contributed by atoms with Gasteiger partial charge >= 0.3 is 12.1 Å². The molecule has 1 aliphatic carbocycles. The van der Waals surface area contributed by atoms with E-state index in [-0.39, 0.29) is 18.6 Å². The van der Waals surface area contributed by atoms with Gasteiger partial charge in [0.25, 0.3) is 5.88 Å². The molecule has 0 unspecified atom stereocenters. The number of carbonyl (C=O) groups excluding carboxylic acids is 1. The molecule has 0 aliphatic heterocycles. The number of carboxylic acid groups (broad SMARTS) is 1. The number of hydrogen-bond acceptors (Lipinski definition) is 8. The summed E-state index contributed by atoms with van der Waals surface area (Å²) >= 11 is 0. The van der Waals surface area contributed by atoms with Crippen LogP contribution in [0.25, 0.3) is 11.4 Å². The van der Waals surface area contributed by atoms with Crippen molar-refractivity contribution in [3.63, 3.8) is 0 Å². The Morgan fingerprint density at radius 3 is 2.79 bits per heavy atom. The van der Waals surface area contributed by atoms with E-state index in [2.05, 4.69) is 15.3 Å². The zero-order valence-corrected chi connectivity index (χ0v) is 19.5. The number of ether oxygens (including phenoxy) is 3. The van der Waals surface area contributed by atoms with Gasteiger partial charge in [-0.3, -0.25) is 4.79 Å². The number of aryl methyl sites for hydroxylation is 1. The molecule has 33 heavy (non-hydrogen) atoms. The molecule has 0 saturated heterocycles.